The highest BCUT2D eigenvalue weighted by molar-refractivity contribution is 5.75. The average Bonchev–Trinajstić information content (AvgIpc) is 3.31. The maximum atomic E-state index is 12.4. The van der Waals surface area contributed by atoms with E-state index in [1.165, 1.54) is 45.2 Å². The first-order valence-electron chi connectivity index (χ1n) is 11.7. The molecule has 0 aliphatic carbocycles. The molecular formula is C24H34N4O4. The molecule has 1 N–H and O–H groups in total. The highest BCUT2D eigenvalue weighted by atomic mass is 16.5. The molecule has 2 saturated heterocycles. The summed E-state index contributed by atoms with van der Waals surface area (Å²) in [6.45, 7) is 3.25. The van der Waals surface area contributed by atoms with Crippen molar-refractivity contribution >= 4 is 5.91 Å². The lowest BCUT2D eigenvalue weighted by molar-refractivity contribution is -0.121. The Labute approximate surface area is 189 Å². The summed E-state index contributed by atoms with van der Waals surface area (Å²) >= 11 is 0. The summed E-state index contributed by atoms with van der Waals surface area (Å²) in [7, 11) is 3.19. The molecule has 0 radical (unpaired) electrons. The molecule has 2 atom stereocenters. The van der Waals surface area contributed by atoms with Crippen molar-refractivity contribution in [3.05, 3.63) is 24.1 Å². The number of hydrogen-bond donors (Lipinski definition) is 1. The van der Waals surface area contributed by atoms with Crippen molar-refractivity contribution in [1.82, 2.24) is 20.4 Å². The smallest absolute Gasteiger partial charge is 0.226 e. The molecule has 1 amide bonds. The molecule has 4 rings (SSSR count). The second-order valence-corrected chi connectivity index (χ2v) is 8.74. The lowest BCUT2D eigenvalue weighted by atomic mass is 9.83. The Bertz CT molecular complexity index is 898. The van der Waals surface area contributed by atoms with Crippen LogP contribution in [0.2, 0.25) is 0 Å². The van der Waals surface area contributed by atoms with E-state index < -0.39 is 0 Å². The lowest BCUT2D eigenvalue weighted by Crippen LogP contribution is -2.50. The van der Waals surface area contributed by atoms with Gasteiger partial charge in [-0.1, -0.05) is 11.6 Å². The first kappa shape index (κ1) is 22.6. The monoisotopic (exact) mass is 442 g/mol. The fraction of sp³-hybridized carbons (Fsp3) is 0.625. The van der Waals surface area contributed by atoms with Crippen LogP contribution >= 0.6 is 0 Å². The van der Waals surface area contributed by atoms with Gasteiger partial charge in [0, 0.05) is 31.0 Å². The molecule has 1 aromatic carbocycles. The van der Waals surface area contributed by atoms with Gasteiger partial charge in [-0.05, 0) is 69.3 Å². The number of fused-ring (bicyclic) bond motifs is 1. The van der Waals surface area contributed by atoms with E-state index in [1.54, 1.807) is 14.2 Å². The third kappa shape index (κ3) is 5.41. The first-order chi connectivity index (χ1) is 15.7. The average molecular weight is 443 g/mol. The SMILES string of the molecule is COc1ccc(-c2noc(CCCC(=O)NC[C@@H]3CCCN4CCCC[C@H]34)n2)cc1OC. The van der Waals surface area contributed by atoms with Crippen LogP contribution in [0.15, 0.2) is 22.7 Å². The predicted molar refractivity (Wildman–Crippen MR) is 121 cm³/mol. The minimum atomic E-state index is 0.109. The molecule has 2 aromatic rings. The largest absolute Gasteiger partial charge is 0.493 e. The number of carbonyl (C=O) groups excluding carboxylic acids is 1. The van der Waals surface area contributed by atoms with Crippen LogP contribution in [0.4, 0.5) is 0 Å². The van der Waals surface area contributed by atoms with Crippen LogP contribution in [0.25, 0.3) is 11.4 Å². The van der Waals surface area contributed by atoms with Crippen LogP contribution in [0.5, 0.6) is 11.5 Å². The third-order valence-corrected chi connectivity index (χ3v) is 6.69. The topological polar surface area (TPSA) is 89.7 Å². The number of rotatable bonds is 9. The van der Waals surface area contributed by atoms with Gasteiger partial charge in [0.2, 0.25) is 17.6 Å². The molecule has 3 heterocycles. The number of carbonyl (C=O) groups is 1. The molecule has 2 fully saturated rings. The summed E-state index contributed by atoms with van der Waals surface area (Å²) in [5, 5.41) is 7.23. The van der Waals surface area contributed by atoms with E-state index in [-0.39, 0.29) is 5.91 Å². The fourth-order valence-electron chi connectivity index (χ4n) is 5.00. The third-order valence-electron chi connectivity index (χ3n) is 6.69. The van der Waals surface area contributed by atoms with Gasteiger partial charge in [0.15, 0.2) is 11.5 Å². The van der Waals surface area contributed by atoms with E-state index in [1.807, 2.05) is 18.2 Å². The molecule has 0 spiro atoms. The van der Waals surface area contributed by atoms with Crippen LogP contribution in [-0.4, -0.2) is 60.8 Å². The molecule has 8 nitrogen and oxygen atoms in total. The van der Waals surface area contributed by atoms with Gasteiger partial charge in [-0.3, -0.25) is 4.79 Å². The summed E-state index contributed by atoms with van der Waals surface area (Å²) in [5.41, 5.74) is 0.791. The molecule has 174 valence electrons. The Morgan fingerprint density at radius 1 is 1.16 bits per heavy atom. The van der Waals surface area contributed by atoms with E-state index in [9.17, 15) is 4.79 Å². The van der Waals surface area contributed by atoms with Crippen LogP contribution in [0, 0.1) is 5.92 Å². The number of benzene rings is 1. The minimum absolute atomic E-state index is 0.109. The van der Waals surface area contributed by atoms with Gasteiger partial charge in [-0.2, -0.15) is 4.98 Å². The maximum Gasteiger partial charge on any atom is 0.226 e. The standard InChI is InChI=1S/C24H34N4O4/c1-30-20-12-11-17(15-21(20)31-2)24-26-23(32-27-24)10-5-9-22(29)25-16-18-7-6-14-28-13-4-3-8-19(18)28/h11-12,15,18-19H,3-10,13-14,16H2,1-2H3,(H,25,29)/t18-,19+/m0/s1. The first-order valence-corrected chi connectivity index (χ1v) is 11.7. The molecule has 1 aromatic heterocycles. The van der Waals surface area contributed by atoms with Gasteiger partial charge >= 0.3 is 0 Å². The quantitative estimate of drug-likeness (QED) is 0.636. The van der Waals surface area contributed by atoms with Gasteiger partial charge in [-0.15, -0.1) is 0 Å². The number of hydrogen-bond acceptors (Lipinski definition) is 7. The zero-order chi connectivity index (χ0) is 22.3. The van der Waals surface area contributed by atoms with Crippen molar-refractivity contribution in [3.63, 3.8) is 0 Å². The molecule has 2 aliphatic heterocycles. The van der Waals surface area contributed by atoms with E-state index in [0.717, 1.165) is 12.1 Å². The normalized spacial score (nSPS) is 21.1. The van der Waals surface area contributed by atoms with E-state index in [0.29, 0.717) is 54.4 Å². The predicted octanol–water partition coefficient (Wildman–Crippen LogP) is 3.46. The van der Waals surface area contributed by atoms with Crippen molar-refractivity contribution in [2.24, 2.45) is 5.92 Å². The number of aromatic nitrogens is 2. The summed E-state index contributed by atoms with van der Waals surface area (Å²) in [6.07, 6.45) is 8.11. The van der Waals surface area contributed by atoms with Gasteiger partial charge in [-0.25, -0.2) is 0 Å². The Balaban J connectivity index is 1.22. The Morgan fingerprint density at radius 2 is 2.00 bits per heavy atom. The summed E-state index contributed by atoms with van der Waals surface area (Å²) in [4.78, 5) is 19.5. The molecule has 0 saturated carbocycles. The number of nitrogens with zero attached hydrogens (tertiary/aromatic N) is 3. The molecule has 0 bridgehead atoms. The number of methoxy groups -OCH3 is 2. The Hall–Kier alpha value is -2.61. The molecule has 2 aliphatic rings. The van der Waals surface area contributed by atoms with E-state index in [2.05, 4.69) is 20.4 Å². The van der Waals surface area contributed by atoms with Crippen molar-refractivity contribution in [2.45, 2.75) is 57.4 Å². The van der Waals surface area contributed by atoms with Gasteiger partial charge in [0.05, 0.1) is 14.2 Å². The Morgan fingerprint density at radius 3 is 2.84 bits per heavy atom. The minimum Gasteiger partial charge on any atom is -0.493 e. The lowest BCUT2D eigenvalue weighted by Gasteiger charge is -2.44. The van der Waals surface area contributed by atoms with Crippen LogP contribution < -0.4 is 14.8 Å². The van der Waals surface area contributed by atoms with Gasteiger partial charge < -0.3 is 24.2 Å². The van der Waals surface area contributed by atoms with E-state index in [4.69, 9.17) is 14.0 Å². The van der Waals surface area contributed by atoms with Crippen molar-refractivity contribution in [3.8, 4) is 22.9 Å². The fourth-order valence-corrected chi connectivity index (χ4v) is 5.00. The zero-order valence-electron chi connectivity index (χ0n) is 19.1. The highest BCUT2D eigenvalue weighted by Gasteiger charge is 2.32. The zero-order valence-corrected chi connectivity index (χ0v) is 19.1. The number of amides is 1. The second-order valence-electron chi connectivity index (χ2n) is 8.74. The number of aryl methyl sites for hydroxylation is 1. The summed E-state index contributed by atoms with van der Waals surface area (Å²) in [6, 6.07) is 6.15. The summed E-state index contributed by atoms with van der Waals surface area (Å²) in [5.74, 6) is 3.00. The molecule has 8 heteroatoms. The van der Waals surface area contributed by atoms with Crippen molar-refractivity contribution in [2.75, 3.05) is 33.9 Å². The van der Waals surface area contributed by atoms with Crippen molar-refractivity contribution in [1.29, 1.82) is 0 Å². The molecule has 32 heavy (non-hydrogen) atoms. The second kappa shape index (κ2) is 10.8. The van der Waals surface area contributed by atoms with Crippen molar-refractivity contribution < 1.29 is 18.8 Å². The number of nitrogens with one attached hydrogen (secondary N) is 1. The van der Waals surface area contributed by atoms with Crippen LogP contribution in [0.1, 0.15) is 50.8 Å². The van der Waals surface area contributed by atoms with Gasteiger partial charge in [0.1, 0.15) is 0 Å². The maximum absolute atomic E-state index is 12.4. The number of piperidine rings is 2. The highest BCUT2D eigenvalue weighted by Crippen LogP contribution is 2.32. The molecular weight excluding hydrogens is 408 g/mol. The Kier molecular flexibility index (Phi) is 7.63. The summed E-state index contributed by atoms with van der Waals surface area (Å²) < 4.78 is 16.0. The van der Waals surface area contributed by atoms with Crippen LogP contribution in [-0.2, 0) is 11.2 Å². The number of ether oxygens (including phenoxy) is 2. The molecule has 0 unspecified atom stereocenters. The van der Waals surface area contributed by atoms with Crippen LogP contribution in [0.3, 0.4) is 0 Å². The van der Waals surface area contributed by atoms with E-state index >= 15 is 0 Å². The van der Waals surface area contributed by atoms with Gasteiger partial charge in [0.25, 0.3) is 0 Å².